The van der Waals surface area contributed by atoms with Gasteiger partial charge in [-0.15, -0.1) is 0 Å². The highest BCUT2D eigenvalue weighted by Crippen LogP contribution is 2.40. The third kappa shape index (κ3) is 3.16. The second-order valence-electron chi connectivity index (χ2n) is 8.64. The van der Waals surface area contributed by atoms with Crippen molar-refractivity contribution >= 4 is 10.9 Å². The number of nitrogens with one attached hydrogen (secondary N) is 2. The third-order valence-electron chi connectivity index (χ3n) is 5.57. The van der Waals surface area contributed by atoms with Gasteiger partial charge in [0.15, 0.2) is 0 Å². The molecule has 1 aliphatic rings. The first kappa shape index (κ1) is 17.3. The summed E-state index contributed by atoms with van der Waals surface area (Å²) in [6, 6.07) is 11.3. The molecule has 0 spiro atoms. The van der Waals surface area contributed by atoms with Crippen molar-refractivity contribution in [2.45, 2.75) is 51.9 Å². The molecule has 1 aromatic carbocycles. The van der Waals surface area contributed by atoms with Gasteiger partial charge < -0.3 is 10.3 Å². The van der Waals surface area contributed by atoms with E-state index in [9.17, 15) is 0 Å². The van der Waals surface area contributed by atoms with Gasteiger partial charge in [0.25, 0.3) is 0 Å². The lowest BCUT2D eigenvalue weighted by Crippen LogP contribution is -2.26. The van der Waals surface area contributed by atoms with E-state index in [1.165, 1.54) is 46.1 Å². The van der Waals surface area contributed by atoms with Gasteiger partial charge >= 0.3 is 0 Å². The molecule has 0 bridgehead atoms. The topological polar surface area (TPSA) is 40.7 Å². The monoisotopic (exact) mass is 347 g/mol. The van der Waals surface area contributed by atoms with Crippen LogP contribution in [0.2, 0.25) is 0 Å². The van der Waals surface area contributed by atoms with Gasteiger partial charge in [-0.05, 0) is 79.6 Å². The van der Waals surface area contributed by atoms with Crippen LogP contribution in [0.3, 0.4) is 0 Å². The maximum absolute atomic E-state index is 4.37. The van der Waals surface area contributed by atoms with Crippen LogP contribution in [-0.2, 0) is 5.41 Å². The van der Waals surface area contributed by atoms with Gasteiger partial charge in [-0.25, -0.2) is 0 Å². The molecule has 0 unspecified atom stereocenters. The summed E-state index contributed by atoms with van der Waals surface area (Å²) in [5.41, 5.74) is 7.71. The Balaban J connectivity index is 1.90. The van der Waals surface area contributed by atoms with Crippen LogP contribution in [0, 0.1) is 6.92 Å². The van der Waals surface area contributed by atoms with Gasteiger partial charge in [0.2, 0.25) is 0 Å². The van der Waals surface area contributed by atoms with E-state index in [2.05, 4.69) is 73.3 Å². The van der Waals surface area contributed by atoms with Crippen LogP contribution in [0.4, 0.5) is 0 Å². The molecule has 1 fully saturated rings. The molecular weight excluding hydrogens is 318 g/mol. The predicted molar refractivity (Wildman–Crippen MR) is 110 cm³/mol. The number of fused-ring (bicyclic) bond motifs is 1. The molecule has 0 saturated carbocycles. The Morgan fingerprint density at radius 2 is 1.81 bits per heavy atom. The maximum Gasteiger partial charge on any atom is 0.0503 e. The molecule has 26 heavy (non-hydrogen) atoms. The van der Waals surface area contributed by atoms with Gasteiger partial charge in [0.1, 0.15) is 0 Å². The lowest BCUT2D eigenvalue weighted by Gasteiger charge is -2.24. The van der Waals surface area contributed by atoms with Gasteiger partial charge in [-0.1, -0.05) is 26.8 Å². The first-order valence-corrected chi connectivity index (χ1v) is 9.73. The zero-order valence-corrected chi connectivity index (χ0v) is 16.3. The molecule has 0 amide bonds. The summed E-state index contributed by atoms with van der Waals surface area (Å²) < 4.78 is 0. The highest BCUT2D eigenvalue weighted by atomic mass is 14.9. The van der Waals surface area contributed by atoms with Crippen LogP contribution in [-0.4, -0.2) is 23.1 Å². The lowest BCUT2D eigenvalue weighted by molar-refractivity contribution is 0.460. The van der Waals surface area contributed by atoms with E-state index in [4.69, 9.17) is 0 Å². The molecule has 1 saturated heterocycles. The van der Waals surface area contributed by atoms with Gasteiger partial charge in [-0.2, -0.15) is 0 Å². The molecule has 2 aromatic heterocycles. The van der Waals surface area contributed by atoms with Crippen molar-refractivity contribution in [2.24, 2.45) is 0 Å². The number of hydrogen-bond acceptors (Lipinski definition) is 2. The van der Waals surface area contributed by atoms with Crippen LogP contribution >= 0.6 is 0 Å². The zero-order chi connectivity index (χ0) is 18.3. The SMILES string of the molecule is Cc1cc(-c2[nH]c3ccc(C4CCNCC4)cc3c2C(C)(C)C)ccn1. The second kappa shape index (κ2) is 6.55. The van der Waals surface area contributed by atoms with Crippen LogP contribution in [0.15, 0.2) is 36.5 Å². The van der Waals surface area contributed by atoms with E-state index in [1.54, 1.807) is 0 Å². The average molecular weight is 348 g/mol. The molecule has 0 atom stereocenters. The number of nitrogens with zero attached hydrogens (tertiary/aromatic N) is 1. The van der Waals surface area contributed by atoms with Crippen molar-refractivity contribution in [3.8, 4) is 11.3 Å². The quantitative estimate of drug-likeness (QED) is 0.660. The molecular formula is C23H29N3. The normalized spacial score (nSPS) is 16.3. The Labute approximate surface area is 156 Å². The molecule has 3 heteroatoms. The molecule has 3 nitrogen and oxygen atoms in total. The fourth-order valence-corrected chi connectivity index (χ4v) is 4.32. The number of pyridine rings is 1. The minimum Gasteiger partial charge on any atom is -0.354 e. The summed E-state index contributed by atoms with van der Waals surface area (Å²) in [5.74, 6) is 0.676. The minimum absolute atomic E-state index is 0.0670. The van der Waals surface area contributed by atoms with Gasteiger partial charge in [-0.3, -0.25) is 4.98 Å². The zero-order valence-electron chi connectivity index (χ0n) is 16.3. The number of hydrogen-bond donors (Lipinski definition) is 2. The van der Waals surface area contributed by atoms with Crippen LogP contribution in [0.25, 0.3) is 22.2 Å². The molecule has 4 rings (SSSR count). The summed E-state index contributed by atoms with van der Waals surface area (Å²) >= 11 is 0. The molecule has 2 N–H and O–H groups in total. The number of rotatable bonds is 2. The van der Waals surface area contributed by atoms with Gasteiger partial charge in [0, 0.05) is 28.4 Å². The Morgan fingerprint density at radius 1 is 1.04 bits per heavy atom. The van der Waals surface area contributed by atoms with Crippen LogP contribution in [0.5, 0.6) is 0 Å². The van der Waals surface area contributed by atoms with Crippen LogP contribution < -0.4 is 5.32 Å². The van der Waals surface area contributed by atoms with Crippen molar-refractivity contribution in [3.63, 3.8) is 0 Å². The third-order valence-corrected chi connectivity index (χ3v) is 5.57. The number of H-pyrrole nitrogens is 1. The number of piperidine rings is 1. The Hall–Kier alpha value is -2.13. The molecule has 0 aliphatic carbocycles. The van der Waals surface area contributed by atoms with Crippen molar-refractivity contribution in [1.29, 1.82) is 0 Å². The molecule has 136 valence electrons. The lowest BCUT2D eigenvalue weighted by atomic mass is 9.82. The highest BCUT2D eigenvalue weighted by molar-refractivity contribution is 5.92. The van der Waals surface area contributed by atoms with E-state index in [-0.39, 0.29) is 5.41 Å². The largest absolute Gasteiger partial charge is 0.354 e. The van der Waals surface area contributed by atoms with E-state index < -0.39 is 0 Å². The molecule has 1 aliphatic heterocycles. The van der Waals surface area contributed by atoms with E-state index in [1.807, 2.05) is 6.20 Å². The predicted octanol–water partition coefficient (Wildman–Crippen LogP) is 5.30. The fourth-order valence-electron chi connectivity index (χ4n) is 4.32. The first-order chi connectivity index (χ1) is 12.4. The summed E-state index contributed by atoms with van der Waals surface area (Å²) in [7, 11) is 0. The average Bonchev–Trinajstić information content (AvgIpc) is 3.01. The second-order valence-corrected chi connectivity index (χ2v) is 8.64. The Morgan fingerprint density at radius 3 is 2.50 bits per heavy atom. The maximum atomic E-state index is 4.37. The highest BCUT2D eigenvalue weighted by Gasteiger charge is 2.25. The number of aromatic amines is 1. The summed E-state index contributed by atoms with van der Waals surface area (Å²) in [4.78, 5) is 8.07. The van der Waals surface area contributed by atoms with Crippen molar-refractivity contribution < 1.29 is 0 Å². The van der Waals surface area contributed by atoms with E-state index >= 15 is 0 Å². The Kier molecular flexibility index (Phi) is 4.36. The Bertz CT molecular complexity index is 924. The molecule has 3 heterocycles. The standard InChI is InChI=1S/C23H29N3/c1-15-13-18(9-12-25-15)22-21(23(2,3)4)19-14-17(5-6-20(19)26-22)16-7-10-24-11-8-16/h5-6,9,12-14,16,24,26H,7-8,10-11H2,1-4H3. The van der Waals surface area contributed by atoms with Crippen molar-refractivity contribution in [1.82, 2.24) is 15.3 Å². The summed E-state index contributed by atoms with van der Waals surface area (Å²) in [5, 5.41) is 4.85. The summed E-state index contributed by atoms with van der Waals surface area (Å²) in [6.45, 7) is 11.2. The van der Waals surface area contributed by atoms with Crippen molar-refractivity contribution in [2.75, 3.05) is 13.1 Å². The smallest absolute Gasteiger partial charge is 0.0503 e. The van der Waals surface area contributed by atoms with Crippen molar-refractivity contribution in [3.05, 3.63) is 53.3 Å². The number of aryl methyl sites for hydroxylation is 1. The van der Waals surface area contributed by atoms with E-state index in [0.29, 0.717) is 5.92 Å². The van der Waals surface area contributed by atoms with E-state index in [0.717, 1.165) is 18.8 Å². The first-order valence-electron chi connectivity index (χ1n) is 9.73. The number of aromatic nitrogens is 2. The fraction of sp³-hybridized carbons (Fsp3) is 0.435. The molecule has 3 aromatic rings. The van der Waals surface area contributed by atoms with Crippen LogP contribution in [0.1, 0.15) is 56.4 Å². The number of benzene rings is 1. The minimum atomic E-state index is 0.0670. The van der Waals surface area contributed by atoms with Gasteiger partial charge in [0.05, 0.1) is 5.69 Å². The molecule has 0 radical (unpaired) electrons. The summed E-state index contributed by atoms with van der Waals surface area (Å²) in [6.07, 6.45) is 4.37.